The Morgan fingerprint density at radius 3 is 2.71 bits per heavy atom. The van der Waals surface area contributed by atoms with Crippen LogP contribution in [0.1, 0.15) is 5.56 Å². The number of nitro benzene ring substituents is 1. The molecule has 2 rings (SSSR count). The van der Waals surface area contributed by atoms with Crippen molar-refractivity contribution < 1.29 is 19.2 Å². The minimum Gasteiger partial charge on any atom is -0.475 e. The second-order valence-electron chi connectivity index (χ2n) is 4.84. The van der Waals surface area contributed by atoms with Crippen molar-refractivity contribution in [2.45, 2.75) is 6.42 Å². The second kappa shape index (κ2) is 8.59. The molecule has 8 nitrogen and oxygen atoms in total. The maximum absolute atomic E-state index is 12.0. The number of anilines is 1. The number of para-hydroxylation sites is 1. The van der Waals surface area contributed by atoms with Gasteiger partial charge < -0.3 is 14.8 Å². The van der Waals surface area contributed by atoms with E-state index < -0.39 is 4.92 Å². The van der Waals surface area contributed by atoms with E-state index in [0.717, 1.165) is 0 Å². The van der Waals surface area contributed by atoms with Crippen molar-refractivity contribution in [2.24, 2.45) is 0 Å². The minimum atomic E-state index is -0.504. The topological polar surface area (TPSA) is 104 Å². The highest BCUT2D eigenvalue weighted by atomic mass is 16.6. The third-order valence-corrected chi connectivity index (χ3v) is 3.10. The van der Waals surface area contributed by atoms with Gasteiger partial charge in [0.05, 0.1) is 29.8 Å². The van der Waals surface area contributed by atoms with Crippen molar-refractivity contribution in [1.82, 2.24) is 4.98 Å². The summed E-state index contributed by atoms with van der Waals surface area (Å²) in [7, 11) is 1.58. The van der Waals surface area contributed by atoms with E-state index in [9.17, 15) is 14.9 Å². The van der Waals surface area contributed by atoms with Crippen molar-refractivity contribution in [3.63, 3.8) is 0 Å². The number of hydrogen-bond acceptors (Lipinski definition) is 6. The van der Waals surface area contributed by atoms with Crippen molar-refractivity contribution >= 4 is 17.3 Å². The van der Waals surface area contributed by atoms with Gasteiger partial charge in [-0.3, -0.25) is 14.9 Å². The molecule has 1 aromatic heterocycles. The number of ether oxygens (including phenoxy) is 2. The number of methoxy groups -OCH3 is 1. The Balaban J connectivity index is 1.94. The summed E-state index contributed by atoms with van der Waals surface area (Å²) >= 11 is 0. The number of aromatic nitrogens is 1. The lowest BCUT2D eigenvalue weighted by molar-refractivity contribution is -0.385. The summed E-state index contributed by atoms with van der Waals surface area (Å²) in [6, 6.07) is 9.41. The zero-order chi connectivity index (χ0) is 17.4. The number of carbonyl (C=O) groups excluding carboxylic acids is 1. The predicted octanol–water partition coefficient (Wildman–Crippen LogP) is 2.20. The largest absolute Gasteiger partial charge is 0.475 e. The van der Waals surface area contributed by atoms with Gasteiger partial charge in [-0.2, -0.15) is 0 Å². The Bertz CT molecular complexity index is 703. The van der Waals surface area contributed by atoms with E-state index in [4.69, 9.17) is 9.47 Å². The number of carbonyl (C=O) groups is 1. The van der Waals surface area contributed by atoms with Crippen molar-refractivity contribution in [2.75, 3.05) is 25.6 Å². The molecule has 1 amide bonds. The molecule has 1 N–H and O–H groups in total. The summed E-state index contributed by atoms with van der Waals surface area (Å²) in [5.74, 6) is 0.0582. The molecule has 24 heavy (non-hydrogen) atoms. The molecule has 8 heteroatoms. The molecule has 0 saturated heterocycles. The van der Waals surface area contributed by atoms with Gasteiger partial charge in [0, 0.05) is 24.8 Å². The SMILES string of the molecule is COCCOc1ccc(NC(=O)Cc2ccccc2[N+](=O)[O-])cn1. The normalized spacial score (nSPS) is 10.2. The van der Waals surface area contributed by atoms with Crippen molar-refractivity contribution in [3.8, 4) is 5.88 Å². The van der Waals surface area contributed by atoms with Gasteiger partial charge in [0.15, 0.2) is 0 Å². The summed E-state index contributed by atoms with van der Waals surface area (Å²) in [6.07, 6.45) is 1.36. The molecule has 0 aliphatic carbocycles. The van der Waals surface area contributed by atoms with E-state index >= 15 is 0 Å². The summed E-state index contributed by atoms with van der Waals surface area (Å²) in [5.41, 5.74) is 0.762. The van der Waals surface area contributed by atoms with Crippen LogP contribution in [0.25, 0.3) is 0 Å². The molecule has 0 bridgehead atoms. The molecule has 2 aromatic rings. The molecule has 126 valence electrons. The quantitative estimate of drug-likeness (QED) is 0.452. The van der Waals surface area contributed by atoms with Gasteiger partial charge in [0.1, 0.15) is 6.61 Å². The highest BCUT2D eigenvalue weighted by Gasteiger charge is 2.15. The number of nitrogens with one attached hydrogen (secondary N) is 1. The third-order valence-electron chi connectivity index (χ3n) is 3.10. The van der Waals surface area contributed by atoms with Gasteiger partial charge in [-0.15, -0.1) is 0 Å². The molecule has 0 unspecified atom stereocenters. The average Bonchev–Trinajstić information content (AvgIpc) is 2.57. The van der Waals surface area contributed by atoms with Gasteiger partial charge >= 0.3 is 0 Å². The number of pyridine rings is 1. The minimum absolute atomic E-state index is 0.0762. The molecule has 0 atom stereocenters. The first-order chi connectivity index (χ1) is 11.6. The first-order valence-electron chi connectivity index (χ1n) is 7.20. The van der Waals surface area contributed by atoms with E-state index in [1.54, 1.807) is 37.4 Å². The second-order valence-corrected chi connectivity index (χ2v) is 4.84. The first kappa shape index (κ1) is 17.4. The van der Waals surface area contributed by atoms with E-state index in [1.807, 2.05) is 0 Å². The van der Waals surface area contributed by atoms with Crippen LogP contribution in [0.15, 0.2) is 42.6 Å². The van der Waals surface area contributed by atoms with Crippen LogP contribution in [0, 0.1) is 10.1 Å². The molecule has 0 spiro atoms. The Morgan fingerprint density at radius 1 is 1.25 bits per heavy atom. The monoisotopic (exact) mass is 331 g/mol. The van der Waals surface area contributed by atoms with Crippen molar-refractivity contribution in [3.05, 3.63) is 58.3 Å². The van der Waals surface area contributed by atoms with Crippen LogP contribution in [-0.2, 0) is 16.0 Å². The highest BCUT2D eigenvalue weighted by molar-refractivity contribution is 5.92. The first-order valence-corrected chi connectivity index (χ1v) is 7.20. The molecule has 1 heterocycles. The van der Waals surface area contributed by atoms with Gasteiger partial charge in [0.2, 0.25) is 11.8 Å². The molecule has 0 aliphatic heterocycles. The molecule has 0 saturated carbocycles. The van der Waals surface area contributed by atoms with Crippen LogP contribution >= 0.6 is 0 Å². The van der Waals surface area contributed by atoms with Crippen LogP contribution < -0.4 is 10.1 Å². The fraction of sp³-hybridized carbons (Fsp3) is 0.250. The third kappa shape index (κ3) is 5.03. The fourth-order valence-electron chi connectivity index (χ4n) is 1.99. The lowest BCUT2D eigenvalue weighted by Crippen LogP contribution is -2.15. The van der Waals surface area contributed by atoms with Crippen LogP contribution in [0.3, 0.4) is 0 Å². The van der Waals surface area contributed by atoms with Gasteiger partial charge in [-0.25, -0.2) is 4.98 Å². The maximum atomic E-state index is 12.0. The molecular weight excluding hydrogens is 314 g/mol. The molecule has 0 aliphatic rings. The van der Waals surface area contributed by atoms with Gasteiger partial charge in [-0.05, 0) is 6.07 Å². The number of nitrogens with zero attached hydrogens (tertiary/aromatic N) is 2. The smallest absolute Gasteiger partial charge is 0.273 e. The zero-order valence-corrected chi connectivity index (χ0v) is 13.1. The van der Waals surface area contributed by atoms with Crippen LogP contribution in [0.5, 0.6) is 5.88 Å². The maximum Gasteiger partial charge on any atom is 0.273 e. The average molecular weight is 331 g/mol. The lowest BCUT2D eigenvalue weighted by Gasteiger charge is -2.07. The Labute approximate surface area is 138 Å². The summed E-state index contributed by atoms with van der Waals surface area (Å²) < 4.78 is 10.2. The van der Waals surface area contributed by atoms with E-state index in [2.05, 4.69) is 10.3 Å². The summed E-state index contributed by atoms with van der Waals surface area (Å²) in [5, 5.41) is 13.6. The zero-order valence-electron chi connectivity index (χ0n) is 13.1. The van der Waals surface area contributed by atoms with E-state index in [0.29, 0.717) is 30.3 Å². The predicted molar refractivity (Wildman–Crippen MR) is 87.0 cm³/mol. The summed E-state index contributed by atoms with van der Waals surface area (Å²) in [4.78, 5) is 26.5. The fourth-order valence-corrected chi connectivity index (χ4v) is 1.99. The lowest BCUT2D eigenvalue weighted by atomic mass is 10.1. The Morgan fingerprint density at radius 2 is 2.04 bits per heavy atom. The number of nitro groups is 1. The van der Waals surface area contributed by atoms with Gasteiger partial charge in [0.25, 0.3) is 5.69 Å². The number of hydrogen-bond donors (Lipinski definition) is 1. The molecule has 1 aromatic carbocycles. The summed E-state index contributed by atoms with van der Waals surface area (Å²) in [6.45, 7) is 0.836. The van der Waals surface area contributed by atoms with Gasteiger partial charge in [-0.1, -0.05) is 18.2 Å². The Hall–Kier alpha value is -3.00. The van der Waals surface area contributed by atoms with Crippen LogP contribution in [-0.4, -0.2) is 36.1 Å². The Kier molecular flexibility index (Phi) is 6.21. The van der Waals surface area contributed by atoms with E-state index in [1.165, 1.54) is 12.3 Å². The standard InChI is InChI=1S/C16H17N3O5/c1-23-8-9-24-16-7-6-13(11-17-16)18-15(20)10-12-4-2-3-5-14(12)19(21)22/h2-7,11H,8-10H2,1H3,(H,18,20). The van der Waals surface area contributed by atoms with Crippen LogP contribution in [0.2, 0.25) is 0 Å². The highest BCUT2D eigenvalue weighted by Crippen LogP contribution is 2.19. The number of amides is 1. The molecule has 0 radical (unpaired) electrons. The molecule has 0 fully saturated rings. The molecular formula is C16H17N3O5. The van der Waals surface area contributed by atoms with E-state index in [-0.39, 0.29) is 18.0 Å². The van der Waals surface area contributed by atoms with Crippen LogP contribution in [0.4, 0.5) is 11.4 Å². The number of benzene rings is 1. The number of rotatable bonds is 8. The van der Waals surface area contributed by atoms with Crippen molar-refractivity contribution in [1.29, 1.82) is 0 Å².